The molecule has 0 aliphatic carbocycles. The summed E-state index contributed by atoms with van der Waals surface area (Å²) in [7, 11) is 1.60. The van der Waals surface area contributed by atoms with Crippen molar-refractivity contribution in [3.05, 3.63) is 56.5 Å². The summed E-state index contributed by atoms with van der Waals surface area (Å²) in [4.78, 5) is 0. The highest BCUT2D eigenvalue weighted by atomic mass is 79.9. The lowest BCUT2D eigenvalue weighted by atomic mass is 10.2. The molecule has 0 heterocycles. The molecule has 2 nitrogen and oxygen atoms in total. The first-order valence-corrected chi connectivity index (χ1v) is 7.16. The van der Waals surface area contributed by atoms with Gasteiger partial charge in [-0.3, -0.25) is 0 Å². The predicted molar refractivity (Wildman–Crippen MR) is 84.5 cm³/mol. The molecule has 0 aliphatic heterocycles. The molecule has 0 radical (unpaired) electrons. The number of nitrogens with one attached hydrogen (secondary N) is 1. The normalized spacial score (nSPS) is 10.3. The molecule has 0 saturated carbocycles. The molecule has 0 amide bonds. The minimum atomic E-state index is 0.610. The van der Waals surface area contributed by atoms with Crippen LogP contribution in [0.2, 0.25) is 10.0 Å². The second-order valence-electron chi connectivity index (χ2n) is 3.95. The van der Waals surface area contributed by atoms with Gasteiger partial charge < -0.3 is 10.1 Å². The van der Waals surface area contributed by atoms with Crippen LogP contribution in [-0.2, 0) is 6.54 Å². The van der Waals surface area contributed by atoms with Gasteiger partial charge in [0.05, 0.1) is 17.2 Å². The fourth-order valence-electron chi connectivity index (χ4n) is 1.63. The zero-order chi connectivity index (χ0) is 13.8. The third-order valence-electron chi connectivity index (χ3n) is 2.63. The van der Waals surface area contributed by atoms with Gasteiger partial charge in [-0.25, -0.2) is 0 Å². The lowest BCUT2D eigenvalue weighted by Gasteiger charge is -2.09. The van der Waals surface area contributed by atoms with Gasteiger partial charge in [-0.15, -0.1) is 0 Å². The number of anilines is 1. The highest BCUT2D eigenvalue weighted by molar-refractivity contribution is 9.10. The van der Waals surface area contributed by atoms with Gasteiger partial charge in [-0.1, -0.05) is 29.3 Å². The van der Waals surface area contributed by atoms with Gasteiger partial charge in [0, 0.05) is 16.7 Å². The van der Waals surface area contributed by atoms with Gasteiger partial charge in [-0.2, -0.15) is 0 Å². The van der Waals surface area contributed by atoms with E-state index in [9.17, 15) is 0 Å². The van der Waals surface area contributed by atoms with Gasteiger partial charge in [0.2, 0.25) is 0 Å². The summed E-state index contributed by atoms with van der Waals surface area (Å²) in [6.45, 7) is 0.678. The van der Waals surface area contributed by atoms with E-state index >= 15 is 0 Å². The molecular weight excluding hydrogens is 349 g/mol. The topological polar surface area (TPSA) is 21.3 Å². The average Bonchev–Trinajstić information content (AvgIpc) is 2.40. The Bertz CT molecular complexity index is 590. The monoisotopic (exact) mass is 359 g/mol. The largest absolute Gasteiger partial charge is 0.495 e. The number of halogens is 3. The molecule has 0 aliphatic rings. The minimum absolute atomic E-state index is 0.610. The van der Waals surface area contributed by atoms with E-state index in [1.54, 1.807) is 7.11 Å². The summed E-state index contributed by atoms with van der Waals surface area (Å²) in [5.41, 5.74) is 2.07. The van der Waals surface area contributed by atoms with E-state index in [0.717, 1.165) is 15.7 Å². The van der Waals surface area contributed by atoms with Crippen molar-refractivity contribution in [2.45, 2.75) is 6.54 Å². The first-order valence-electron chi connectivity index (χ1n) is 5.61. The molecule has 2 aromatic rings. The zero-order valence-corrected chi connectivity index (χ0v) is 13.3. The molecule has 1 N–H and O–H groups in total. The Balaban J connectivity index is 2.05. The minimum Gasteiger partial charge on any atom is -0.495 e. The highest BCUT2D eigenvalue weighted by Crippen LogP contribution is 2.27. The van der Waals surface area contributed by atoms with Gasteiger partial charge in [0.1, 0.15) is 5.75 Å². The van der Waals surface area contributed by atoms with Crippen molar-refractivity contribution in [2.75, 3.05) is 12.4 Å². The van der Waals surface area contributed by atoms with Gasteiger partial charge in [-0.05, 0) is 51.8 Å². The van der Waals surface area contributed by atoms with E-state index in [2.05, 4.69) is 21.2 Å². The highest BCUT2D eigenvalue weighted by Gasteiger charge is 2.03. The van der Waals surface area contributed by atoms with Crippen LogP contribution in [0, 0.1) is 0 Å². The SMILES string of the molecule is COc1ccc(CNc2ccc(Cl)c(Br)c2)cc1Cl. The number of rotatable bonds is 4. The van der Waals surface area contributed by atoms with Crippen LogP contribution in [-0.4, -0.2) is 7.11 Å². The molecule has 0 spiro atoms. The predicted octanol–water partition coefficient (Wildman–Crippen LogP) is 5.38. The van der Waals surface area contributed by atoms with Crippen LogP contribution in [0.3, 0.4) is 0 Å². The van der Waals surface area contributed by atoms with Crippen LogP contribution < -0.4 is 10.1 Å². The second-order valence-corrected chi connectivity index (χ2v) is 5.62. The Hall–Kier alpha value is -0.900. The quantitative estimate of drug-likeness (QED) is 0.790. The summed E-state index contributed by atoms with van der Waals surface area (Å²) in [5, 5.41) is 4.61. The molecule has 0 atom stereocenters. The summed E-state index contributed by atoms with van der Waals surface area (Å²) in [5.74, 6) is 0.680. The fraction of sp³-hybridized carbons (Fsp3) is 0.143. The second kappa shape index (κ2) is 6.51. The van der Waals surface area contributed by atoms with Crippen molar-refractivity contribution >= 4 is 44.8 Å². The maximum atomic E-state index is 6.08. The third-order valence-corrected chi connectivity index (χ3v) is 4.14. The summed E-state index contributed by atoms with van der Waals surface area (Å²) < 4.78 is 5.99. The molecule has 0 fully saturated rings. The first kappa shape index (κ1) is 14.5. The number of hydrogen-bond donors (Lipinski definition) is 1. The Morgan fingerprint density at radius 3 is 2.53 bits per heavy atom. The third kappa shape index (κ3) is 3.78. The Morgan fingerprint density at radius 2 is 1.89 bits per heavy atom. The van der Waals surface area contributed by atoms with Crippen LogP contribution in [0.5, 0.6) is 5.75 Å². The first-order chi connectivity index (χ1) is 9.10. The van der Waals surface area contributed by atoms with Crippen molar-refractivity contribution in [1.82, 2.24) is 0 Å². The molecule has 0 unspecified atom stereocenters. The van der Waals surface area contributed by atoms with E-state index in [1.165, 1.54) is 0 Å². The van der Waals surface area contributed by atoms with E-state index in [0.29, 0.717) is 22.3 Å². The molecule has 5 heteroatoms. The molecule has 0 bridgehead atoms. The maximum Gasteiger partial charge on any atom is 0.137 e. The van der Waals surface area contributed by atoms with E-state index in [1.807, 2.05) is 36.4 Å². The van der Waals surface area contributed by atoms with Crippen molar-refractivity contribution in [2.24, 2.45) is 0 Å². The van der Waals surface area contributed by atoms with Crippen LogP contribution in [0.4, 0.5) is 5.69 Å². The molecule has 19 heavy (non-hydrogen) atoms. The van der Waals surface area contributed by atoms with Gasteiger partial charge >= 0.3 is 0 Å². The van der Waals surface area contributed by atoms with Crippen LogP contribution >= 0.6 is 39.1 Å². The summed E-state index contributed by atoms with van der Waals surface area (Å²) >= 11 is 15.4. The average molecular weight is 361 g/mol. The number of hydrogen-bond acceptors (Lipinski definition) is 2. The fourth-order valence-corrected chi connectivity index (χ4v) is 2.41. The van der Waals surface area contributed by atoms with Gasteiger partial charge in [0.25, 0.3) is 0 Å². The standard InChI is InChI=1S/C14H12BrCl2NO/c1-19-14-5-2-9(6-13(14)17)8-18-10-3-4-12(16)11(15)7-10/h2-7,18H,8H2,1H3. The Labute approximate surface area is 130 Å². The number of ether oxygens (including phenoxy) is 1. The number of benzene rings is 2. The van der Waals surface area contributed by atoms with E-state index in [4.69, 9.17) is 27.9 Å². The Morgan fingerprint density at radius 1 is 1.11 bits per heavy atom. The molecule has 2 aromatic carbocycles. The molecule has 100 valence electrons. The van der Waals surface area contributed by atoms with Crippen molar-refractivity contribution in [1.29, 1.82) is 0 Å². The van der Waals surface area contributed by atoms with Crippen LogP contribution in [0.1, 0.15) is 5.56 Å². The molecule has 2 rings (SSSR count). The van der Waals surface area contributed by atoms with Crippen molar-refractivity contribution < 1.29 is 4.74 Å². The summed E-state index contributed by atoms with van der Waals surface area (Å²) in [6.07, 6.45) is 0. The molecule has 0 aromatic heterocycles. The smallest absolute Gasteiger partial charge is 0.137 e. The molecular formula is C14H12BrCl2NO. The summed E-state index contributed by atoms with van der Waals surface area (Å²) in [6, 6.07) is 11.4. The zero-order valence-electron chi connectivity index (χ0n) is 10.2. The number of methoxy groups -OCH3 is 1. The van der Waals surface area contributed by atoms with Crippen LogP contribution in [0.15, 0.2) is 40.9 Å². The van der Waals surface area contributed by atoms with E-state index < -0.39 is 0 Å². The van der Waals surface area contributed by atoms with E-state index in [-0.39, 0.29) is 0 Å². The van der Waals surface area contributed by atoms with Gasteiger partial charge in [0.15, 0.2) is 0 Å². The lowest BCUT2D eigenvalue weighted by molar-refractivity contribution is 0.415. The lowest BCUT2D eigenvalue weighted by Crippen LogP contribution is -1.99. The maximum absolute atomic E-state index is 6.08. The van der Waals surface area contributed by atoms with Crippen molar-refractivity contribution in [3.8, 4) is 5.75 Å². The van der Waals surface area contributed by atoms with Crippen molar-refractivity contribution in [3.63, 3.8) is 0 Å². The van der Waals surface area contributed by atoms with Crippen LogP contribution in [0.25, 0.3) is 0 Å². The Kier molecular flexibility index (Phi) is 4.97. The molecule has 0 saturated heterocycles.